The highest BCUT2D eigenvalue weighted by Gasteiger charge is 2.55. The Morgan fingerprint density at radius 2 is 2.25 bits per heavy atom. The molecule has 4 atom stereocenters. The third-order valence-corrected chi connectivity index (χ3v) is 4.54. The topological polar surface area (TPSA) is 59.0 Å². The number of aliphatic hydroxyl groups excluding tert-OH is 1. The maximum absolute atomic E-state index is 12.0. The Balaban J connectivity index is 1.82. The standard InChI is InChI=1S/C14H16INO4/c1-8-12-11(7-17)20-16(13(12)14(18)19-8)6-9-3-2-4-10(15)5-9/h2-5,8,11-13,17H,6-7H2,1H3/t8?,11-,12+,13-/m1/s1. The lowest BCUT2D eigenvalue weighted by Crippen LogP contribution is -2.35. The second kappa shape index (κ2) is 5.59. The minimum absolute atomic E-state index is 0.102. The summed E-state index contributed by atoms with van der Waals surface area (Å²) in [6.07, 6.45) is -0.588. The number of carbonyl (C=O) groups is 1. The predicted molar refractivity (Wildman–Crippen MR) is 79.5 cm³/mol. The van der Waals surface area contributed by atoms with Gasteiger partial charge in [-0.25, -0.2) is 0 Å². The summed E-state index contributed by atoms with van der Waals surface area (Å²) < 4.78 is 6.41. The van der Waals surface area contributed by atoms with Crippen molar-refractivity contribution in [3.8, 4) is 0 Å². The molecule has 0 amide bonds. The van der Waals surface area contributed by atoms with Crippen molar-refractivity contribution in [2.24, 2.45) is 5.92 Å². The van der Waals surface area contributed by atoms with Gasteiger partial charge < -0.3 is 9.84 Å². The van der Waals surface area contributed by atoms with Crippen LogP contribution in [0.25, 0.3) is 0 Å². The number of cyclic esters (lactones) is 1. The first-order chi connectivity index (χ1) is 9.60. The maximum Gasteiger partial charge on any atom is 0.326 e. The largest absolute Gasteiger partial charge is 0.461 e. The van der Waals surface area contributed by atoms with Crippen LogP contribution in [-0.2, 0) is 20.9 Å². The molecule has 108 valence electrons. The molecule has 6 heteroatoms. The molecule has 0 aliphatic carbocycles. The van der Waals surface area contributed by atoms with E-state index in [0.717, 1.165) is 9.13 Å². The minimum atomic E-state index is -0.417. The van der Waals surface area contributed by atoms with E-state index >= 15 is 0 Å². The van der Waals surface area contributed by atoms with E-state index in [2.05, 4.69) is 28.7 Å². The lowest BCUT2D eigenvalue weighted by Gasteiger charge is -2.20. The van der Waals surface area contributed by atoms with Crippen LogP contribution in [-0.4, -0.2) is 41.0 Å². The summed E-state index contributed by atoms with van der Waals surface area (Å²) in [5, 5.41) is 11.1. The van der Waals surface area contributed by atoms with Crippen LogP contribution in [0.2, 0.25) is 0 Å². The first kappa shape index (κ1) is 14.2. The van der Waals surface area contributed by atoms with Crippen LogP contribution in [0.4, 0.5) is 0 Å². The normalized spacial score (nSPS) is 33.2. The van der Waals surface area contributed by atoms with Gasteiger partial charge in [-0.15, -0.1) is 0 Å². The molecule has 1 unspecified atom stereocenters. The molecule has 0 saturated carbocycles. The van der Waals surface area contributed by atoms with Gasteiger partial charge in [0.2, 0.25) is 0 Å². The summed E-state index contributed by atoms with van der Waals surface area (Å²) in [7, 11) is 0. The zero-order valence-electron chi connectivity index (χ0n) is 11.0. The highest BCUT2D eigenvalue weighted by atomic mass is 127. The van der Waals surface area contributed by atoms with Crippen LogP contribution in [0.3, 0.4) is 0 Å². The Hall–Kier alpha value is -0.700. The van der Waals surface area contributed by atoms with Crippen molar-refractivity contribution in [3.05, 3.63) is 33.4 Å². The Morgan fingerprint density at radius 1 is 1.45 bits per heavy atom. The molecule has 2 saturated heterocycles. The van der Waals surface area contributed by atoms with Crippen molar-refractivity contribution in [1.82, 2.24) is 5.06 Å². The van der Waals surface area contributed by atoms with Crippen LogP contribution >= 0.6 is 22.6 Å². The molecule has 2 aliphatic heterocycles. The van der Waals surface area contributed by atoms with Crippen molar-refractivity contribution in [2.45, 2.75) is 31.7 Å². The summed E-state index contributed by atoms with van der Waals surface area (Å²) in [5.41, 5.74) is 1.07. The average Bonchev–Trinajstić information content (AvgIpc) is 2.90. The van der Waals surface area contributed by atoms with Crippen molar-refractivity contribution >= 4 is 28.6 Å². The number of carbonyl (C=O) groups excluding carboxylic acids is 1. The number of fused-ring (bicyclic) bond motifs is 1. The molecule has 0 spiro atoms. The third-order valence-electron chi connectivity index (χ3n) is 3.87. The van der Waals surface area contributed by atoms with E-state index in [1.165, 1.54) is 0 Å². The van der Waals surface area contributed by atoms with Gasteiger partial charge >= 0.3 is 5.97 Å². The molecule has 3 rings (SSSR count). The van der Waals surface area contributed by atoms with Crippen molar-refractivity contribution < 1.29 is 19.5 Å². The molecule has 5 nitrogen and oxygen atoms in total. The average molecular weight is 389 g/mol. The van der Waals surface area contributed by atoms with E-state index in [1.807, 2.05) is 25.1 Å². The minimum Gasteiger partial charge on any atom is -0.461 e. The Morgan fingerprint density at radius 3 is 2.95 bits per heavy atom. The van der Waals surface area contributed by atoms with Gasteiger partial charge in [0.05, 0.1) is 19.1 Å². The van der Waals surface area contributed by atoms with Gasteiger partial charge in [-0.05, 0) is 47.2 Å². The predicted octanol–water partition coefficient (Wildman–Crippen LogP) is 1.33. The number of nitrogens with zero attached hydrogens (tertiary/aromatic N) is 1. The molecule has 0 radical (unpaired) electrons. The summed E-state index contributed by atoms with van der Waals surface area (Å²) in [6, 6.07) is 7.62. The molecular weight excluding hydrogens is 373 g/mol. The second-order valence-corrected chi connectivity index (χ2v) is 6.44. The number of hydrogen-bond acceptors (Lipinski definition) is 5. The molecule has 1 aromatic carbocycles. The first-order valence-electron chi connectivity index (χ1n) is 6.59. The summed E-state index contributed by atoms with van der Waals surface area (Å²) >= 11 is 2.25. The maximum atomic E-state index is 12.0. The SMILES string of the molecule is CC1OC(=O)[C@H]2[C@@H]1[C@@H](CO)ON2Cc1cccc(I)c1. The lowest BCUT2D eigenvalue weighted by atomic mass is 9.93. The Bertz CT molecular complexity index is 524. The third kappa shape index (κ3) is 2.45. The van der Waals surface area contributed by atoms with Gasteiger partial charge in [-0.3, -0.25) is 9.63 Å². The second-order valence-electron chi connectivity index (χ2n) is 5.20. The van der Waals surface area contributed by atoms with Crippen LogP contribution in [0, 0.1) is 9.49 Å². The zero-order chi connectivity index (χ0) is 14.3. The number of ether oxygens (including phenoxy) is 1. The first-order valence-corrected chi connectivity index (χ1v) is 7.67. The van der Waals surface area contributed by atoms with Crippen LogP contribution in [0.15, 0.2) is 24.3 Å². The van der Waals surface area contributed by atoms with Gasteiger partial charge in [0.1, 0.15) is 18.2 Å². The van der Waals surface area contributed by atoms with E-state index in [9.17, 15) is 9.90 Å². The fourth-order valence-electron chi connectivity index (χ4n) is 2.98. The van der Waals surface area contributed by atoms with E-state index < -0.39 is 6.04 Å². The van der Waals surface area contributed by atoms with Crippen molar-refractivity contribution in [1.29, 1.82) is 0 Å². The lowest BCUT2D eigenvalue weighted by molar-refractivity contribution is -0.195. The summed E-state index contributed by atoms with van der Waals surface area (Å²) in [5.74, 6) is -0.362. The van der Waals surface area contributed by atoms with Crippen LogP contribution in [0.1, 0.15) is 12.5 Å². The quantitative estimate of drug-likeness (QED) is 0.625. The molecule has 0 bridgehead atoms. The number of aliphatic hydroxyl groups is 1. The fourth-order valence-corrected chi connectivity index (χ4v) is 3.58. The van der Waals surface area contributed by atoms with E-state index in [0.29, 0.717) is 6.54 Å². The molecular formula is C14H16INO4. The Labute approximate surface area is 130 Å². The Kier molecular flexibility index (Phi) is 3.98. The fraction of sp³-hybridized carbons (Fsp3) is 0.500. The van der Waals surface area contributed by atoms with E-state index in [4.69, 9.17) is 9.57 Å². The highest BCUT2D eigenvalue weighted by Crippen LogP contribution is 2.38. The van der Waals surface area contributed by atoms with Gasteiger partial charge in [0.15, 0.2) is 0 Å². The van der Waals surface area contributed by atoms with Crippen LogP contribution < -0.4 is 0 Å². The zero-order valence-corrected chi connectivity index (χ0v) is 13.2. The van der Waals surface area contributed by atoms with Gasteiger partial charge in [-0.2, -0.15) is 5.06 Å². The number of hydrogen-bond donors (Lipinski definition) is 1. The molecule has 2 heterocycles. The number of esters is 1. The molecule has 20 heavy (non-hydrogen) atoms. The monoisotopic (exact) mass is 389 g/mol. The highest BCUT2D eigenvalue weighted by molar-refractivity contribution is 14.1. The van der Waals surface area contributed by atoms with Crippen molar-refractivity contribution in [2.75, 3.05) is 6.61 Å². The van der Waals surface area contributed by atoms with Crippen molar-refractivity contribution in [3.63, 3.8) is 0 Å². The molecule has 1 aromatic rings. The number of benzene rings is 1. The molecule has 1 N–H and O–H groups in total. The number of halogens is 1. The van der Waals surface area contributed by atoms with Gasteiger partial charge in [-0.1, -0.05) is 12.1 Å². The molecule has 0 aromatic heterocycles. The molecule has 2 fully saturated rings. The number of hydroxylamine groups is 2. The van der Waals surface area contributed by atoms with E-state index in [1.54, 1.807) is 5.06 Å². The smallest absolute Gasteiger partial charge is 0.326 e. The van der Waals surface area contributed by atoms with Gasteiger partial charge in [0, 0.05) is 3.57 Å². The van der Waals surface area contributed by atoms with Gasteiger partial charge in [0.25, 0.3) is 0 Å². The summed E-state index contributed by atoms with van der Waals surface area (Å²) in [4.78, 5) is 17.7. The molecule has 2 aliphatic rings. The number of rotatable bonds is 3. The van der Waals surface area contributed by atoms with E-state index in [-0.39, 0.29) is 30.7 Å². The van der Waals surface area contributed by atoms with Crippen LogP contribution in [0.5, 0.6) is 0 Å². The summed E-state index contributed by atoms with van der Waals surface area (Å²) in [6.45, 7) is 2.25.